The summed E-state index contributed by atoms with van der Waals surface area (Å²) in [5, 5.41) is 5.46. The normalized spacial score (nSPS) is 17.0. The molecule has 1 aromatic carbocycles. The van der Waals surface area contributed by atoms with E-state index in [0.29, 0.717) is 36.0 Å². The molecule has 1 aliphatic rings. The second-order valence-electron chi connectivity index (χ2n) is 5.97. The van der Waals surface area contributed by atoms with Crippen LogP contribution >= 0.6 is 0 Å². The predicted molar refractivity (Wildman–Crippen MR) is 95.8 cm³/mol. The Labute approximate surface area is 148 Å². The molecule has 1 aromatic rings. The Morgan fingerprint density at radius 3 is 2.60 bits per heavy atom. The number of benzene rings is 1. The average molecular weight is 346 g/mol. The van der Waals surface area contributed by atoms with E-state index in [1.54, 1.807) is 6.92 Å². The summed E-state index contributed by atoms with van der Waals surface area (Å²) in [6, 6.07) is 4.69. The molecule has 6 heteroatoms. The van der Waals surface area contributed by atoms with Gasteiger partial charge in [-0.1, -0.05) is 19.4 Å². The molecule has 2 amide bonds. The highest BCUT2D eigenvalue weighted by atomic mass is 16.5. The third kappa shape index (κ3) is 4.53. The molecule has 1 heterocycles. The molecule has 0 bridgehead atoms. The Morgan fingerprint density at radius 2 is 1.96 bits per heavy atom. The molecule has 136 valence electrons. The SMILES string of the molecule is CCCCOc1ccc([C@@H]2NC(=O)NC(C)=C2C(C)=O)cc1OCC. The third-order valence-corrected chi connectivity index (χ3v) is 4.00. The van der Waals surface area contributed by atoms with Gasteiger partial charge in [0.15, 0.2) is 17.3 Å². The van der Waals surface area contributed by atoms with Gasteiger partial charge < -0.3 is 20.1 Å². The van der Waals surface area contributed by atoms with Crippen LogP contribution in [0.5, 0.6) is 11.5 Å². The number of urea groups is 1. The number of carbonyl (C=O) groups excluding carboxylic acids is 2. The smallest absolute Gasteiger partial charge is 0.319 e. The maximum absolute atomic E-state index is 12.0. The molecule has 0 fully saturated rings. The Hall–Kier alpha value is -2.50. The molecule has 2 N–H and O–H groups in total. The Bertz CT molecular complexity index is 682. The van der Waals surface area contributed by atoms with Crippen LogP contribution in [0.1, 0.15) is 52.1 Å². The number of ketones is 1. The quantitative estimate of drug-likeness (QED) is 0.707. The fourth-order valence-corrected chi connectivity index (χ4v) is 2.83. The van der Waals surface area contributed by atoms with Gasteiger partial charge in [0.25, 0.3) is 0 Å². The van der Waals surface area contributed by atoms with Crippen LogP contribution in [-0.4, -0.2) is 25.0 Å². The van der Waals surface area contributed by atoms with Gasteiger partial charge in [0.2, 0.25) is 0 Å². The van der Waals surface area contributed by atoms with Crippen molar-refractivity contribution in [2.24, 2.45) is 0 Å². The van der Waals surface area contributed by atoms with Crippen molar-refractivity contribution in [3.8, 4) is 11.5 Å². The molecule has 0 saturated heterocycles. The van der Waals surface area contributed by atoms with Crippen LogP contribution in [-0.2, 0) is 4.79 Å². The van der Waals surface area contributed by atoms with Gasteiger partial charge in [-0.25, -0.2) is 4.79 Å². The molecule has 0 aliphatic carbocycles. The standard InChI is InChI=1S/C19H26N2O4/c1-5-7-10-25-15-9-8-14(11-16(15)24-6-2)18-17(13(4)22)12(3)20-19(23)21-18/h8-9,11,18H,5-7,10H2,1-4H3,(H2,20,21,23)/t18-/m0/s1. The molecular weight excluding hydrogens is 320 g/mol. The summed E-state index contributed by atoms with van der Waals surface area (Å²) in [6.45, 7) is 8.36. The van der Waals surface area contributed by atoms with Crippen molar-refractivity contribution in [3.05, 3.63) is 35.0 Å². The largest absolute Gasteiger partial charge is 0.490 e. The number of amides is 2. The second kappa shape index (κ2) is 8.55. The van der Waals surface area contributed by atoms with E-state index in [4.69, 9.17) is 9.47 Å². The summed E-state index contributed by atoms with van der Waals surface area (Å²) >= 11 is 0. The lowest BCUT2D eigenvalue weighted by Gasteiger charge is -2.28. The summed E-state index contributed by atoms with van der Waals surface area (Å²) < 4.78 is 11.5. The van der Waals surface area contributed by atoms with E-state index in [1.165, 1.54) is 6.92 Å². The molecule has 2 rings (SSSR count). The van der Waals surface area contributed by atoms with Gasteiger partial charge in [-0.3, -0.25) is 4.79 Å². The molecule has 1 aliphatic heterocycles. The predicted octanol–water partition coefficient (Wildman–Crippen LogP) is 3.48. The zero-order valence-electron chi connectivity index (χ0n) is 15.3. The molecule has 1 atom stereocenters. The first kappa shape index (κ1) is 18.8. The number of carbonyl (C=O) groups is 2. The zero-order chi connectivity index (χ0) is 18.4. The maximum Gasteiger partial charge on any atom is 0.319 e. The number of rotatable bonds is 8. The number of nitrogens with one attached hydrogen (secondary N) is 2. The van der Waals surface area contributed by atoms with E-state index in [-0.39, 0.29) is 11.8 Å². The van der Waals surface area contributed by atoms with Crippen LogP contribution in [0.3, 0.4) is 0 Å². The highest BCUT2D eigenvalue weighted by Gasteiger charge is 2.29. The molecule has 0 saturated carbocycles. The van der Waals surface area contributed by atoms with Crippen molar-refractivity contribution in [3.63, 3.8) is 0 Å². The lowest BCUT2D eigenvalue weighted by atomic mass is 9.93. The van der Waals surface area contributed by atoms with E-state index in [2.05, 4.69) is 17.6 Å². The van der Waals surface area contributed by atoms with Gasteiger partial charge >= 0.3 is 6.03 Å². The minimum atomic E-state index is -0.504. The number of allylic oxidation sites excluding steroid dienone is 1. The van der Waals surface area contributed by atoms with Crippen molar-refractivity contribution >= 4 is 11.8 Å². The van der Waals surface area contributed by atoms with Crippen LogP contribution in [0.2, 0.25) is 0 Å². The minimum absolute atomic E-state index is 0.0868. The molecule has 0 radical (unpaired) electrons. The third-order valence-electron chi connectivity index (χ3n) is 4.00. The van der Waals surface area contributed by atoms with Gasteiger partial charge in [-0.2, -0.15) is 0 Å². The van der Waals surface area contributed by atoms with Gasteiger partial charge in [-0.05, 0) is 44.9 Å². The summed E-state index contributed by atoms with van der Waals surface area (Å²) in [7, 11) is 0. The van der Waals surface area contributed by atoms with Crippen LogP contribution < -0.4 is 20.1 Å². The van der Waals surface area contributed by atoms with E-state index >= 15 is 0 Å². The van der Waals surface area contributed by atoms with Gasteiger partial charge in [0.1, 0.15) is 0 Å². The fraction of sp³-hybridized carbons (Fsp3) is 0.474. The lowest BCUT2D eigenvalue weighted by Crippen LogP contribution is -2.44. The molecule has 6 nitrogen and oxygen atoms in total. The number of unbranched alkanes of at least 4 members (excludes halogenated alkanes) is 1. The Morgan fingerprint density at radius 1 is 1.20 bits per heavy atom. The highest BCUT2D eigenvalue weighted by Crippen LogP contribution is 2.34. The van der Waals surface area contributed by atoms with Crippen molar-refractivity contribution in [1.82, 2.24) is 10.6 Å². The van der Waals surface area contributed by atoms with Gasteiger partial charge in [0, 0.05) is 11.3 Å². The zero-order valence-corrected chi connectivity index (χ0v) is 15.3. The number of ether oxygens (including phenoxy) is 2. The Balaban J connectivity index is 2.37. The van der Waals surface area contributed by atoms with Crippen molar-refractivity contribution < 1.29 is 19.1 Å². The second-order valence-corrected chi connectivity index (χ2v) is 5.97. The van der Waals surface area contributed by atoms with E-state index in [0.717, 1.165) is 18.4 Å². The van der Waals surface area contributed by atoms with E-state index < -0.39 is 6.04 Å². The average Bonchev–Trinajstić information content (AvgIpc) is 2.55. The first-order valence-corrected chi connectivity index (χ1v) is 8.66. The van der Waals surface area contributed by atoms with Gasteiger partial charge in [-0.15, -0.1) is 0 Å². The lowest BCUT2D eigenvalue weighted by molar-refractivity contribution is -0.114. The summed E-state index contributed by atoms with van der Waals surface area (Å²) in [5.41, 5.74) is 1.90. The van der Waals surface area contributed by atoms with Crippen molar-refractivity contribution in [2.45, 2.75) is 46.6 Å². The van der Waals surface area contributed by atoms with Crippen molar-refractivity contribution in [1.29, 1.82) is 0 Å². The maximum atomic E-state index is 12.0. The fourth-order valence-electron chi connectivity index (χ4n) is 2.83. The van der Waals surface area contributed by atoms with Crippen LogP contribution in [0.15, 0.2) is 29.5 Å². The molecular formula is C19H26N2O4. The summed E-state index contributed by atoms with van der Waals surface area (Å²) in [6.07, 6.45) is 2.02. The minimum Gasteiger partial charge on any atom is -0.490 e. The molecule has 25 heavy (non-hydrogen) atoms. The van der Waals surface area contributed by atoms with Gasteiger partial charge in [0.05, 0.1) is 19.3 Å². The molecule has 0 unspecified atom stereocenters. The molecule has 0 aromatic heterocycles. The van der Waals surface area contributed by atoms with Crippen molar-refractivity contribution in [2.75, 3.05) is 13.2 Å². The van der Waals surface area contributed by atoms with Crippen LogP contribution in [0.25, 0.3) is 0 Å². The first-order valence-electron chi connectivity index (χ1n) is 8.66. The number of hydrogen-bond acceptors (Lipinski definition) is 4. The topological polar surface area (TPSA) is 76.7 Å². The highest BCUT2D eigenvalue weighted by molar-refractivity contribution is 5.98. The summed E-state index contributed by atoms with van der Waals surface area (Å²) in [4.78, 5) is 23.9. The number of hydrogen-bond donors (Lipinski definition) is 2. The first-order chi connectivity index (χ1) is 12.0. The Kier molecular flexibility index (Phi) is 6.44. The van der Waals surface area contributed by atoms with E-state index in [9.17, 15) is 9.59 Å². The summed E-state index contributed by atoms with van der Waals surface area (Å²) in [5.74, 6) is 1.20. The number of Topliss-reactive ketones (excluding diaryl/α,β-unsaturated/α-hetero) is 1. The monoisotopic (exact) mass is 346 g/mol. The van der Waals surface area contributed by atoms with Crippen LogP contribution in [0.4, 0.5) is 4.79 Å². The van der Waals surface area contributed by atoms with E-state index in [1.807, 2.05) is 25.1 Å². The molecule has 0 spiro atoms. The van der Waals surface area contributed by atoms with Crippen LogP contribution in [0, 0.1) is 0 Å².